The van der Waals surface area contributed by atoms with Crippen molar-refractivity contribution >= 4 is 44.5 Å². The van der Waals surface area contributed by atoms with Crippen LogP contribution in [0.3, 0.4) is 0 Å². The van der Waals surface area contributed by atoms with Gasteiger partial charge in [0.25, 0.3) is 0 Å². The minimum absolute atomic E-state index is 0.435. The van der Waals surface area contributed by atoms with E-state index < -0.39 is 0 Å². The van der Waals surface area contributed by atoms with E-state index in [1.54, 1.807) is 0 Å². The molecule has 0 saturated heterocycles. The number of nitrogens with zero attached hydrogens (tertiary/aromatic N) is 1. The molecule has 0 radical (unpaired) electrons. The van der Waals surface area contributed by atoms with Gasteiger partial charge in [0.2, 0.25) is 0 Å². The Morgan fingerprint density at radius 3 is 2.75 bits per heavy atom. The van der Waals surface area contributed by atoms with Crippen LogP contribution >= 0.6 is 28.1 Å². The third kappa shape index (κ3) is 2.45. The van der Waals surface area contributed by atoms with E-state index in [4.69, 9.17) is 18.0 Å². The van der Waals surface area contributed by atoms with Crippen molar-refractivity contribution in [2.45, 2.75) is 12.8 Å². The zero-order valence-corrected chi connectivity index (χ0v) is 13.4. The van der Waals surface area contributed by atoms with Gasteiger partial charge >= 0.3 is 0 Å². The van der Waals surface area contributed by atoms with Crippen LogP contribution in [0, 0.1) is 0 Å². The summed E-state index contributed by atoms with van der Waals surface area (Å²) >= 11 is 8.69. The molecule has 0 fully saturated rings. The highest BCUT2D eigenvalue weighted by Crippen LogP contribution is 2.36. The van der Waals surface area contributed by atoms with Crippen LogP contribution in [-0.2, 0) is 6.42 Å². The van der Waals surface area contributed by atoms with E-state index in [1.807, 2.05) is 12.1 Å². The Kier molecular flexibility index (Phi) is 3.76. The van der Waals surface area contributed by atoms with E-state index in [9.17, 15) is 0 Å². The summed E-state index contributed by atoms with van der Waals surface area (Å²) in [6.45, 7) is 0.994. The number of hydrogen-bond donors (Lipinski definition) is 1. The van der Waals surface area contributed by atoms with Gasteiger partial charge in [0, 0.05) is 22.3 Å². The van der Waals surface area contributed by atoms with Gasteiger partial charge in [0.1, 0.15) is 4.99 Å². The average Bonchev–Trinajstić information content (AvgIpc) is 2.46. The van der Waals surface area contributed by atoms with Crippen molar-refractivity contribution in [3.05, 3.63) is 58.1 Å². The Bertz CT molecular complexity index is 669. The molecule has 1 aliphatic heterocycles. The molecule has 2 aromatic carbocycles. The van der Waals surface area contributed by atoms with Gasteiger partial charge in [-0.1, -0.05) is 46.3 Å². The summed E-state index contributed by atoms with van der Waals surface area (Å²) in [5, 5.41) is 0. The van der Waals surface area contributed by atoms with Crippen molar-refractivity contribution in [1.82, 2.24) is 0 Å². The molecule has 0 saturated carbocycles. The summed E-state index contributed by atoms with van der Waals surface area (Å²) in [5.41, 5.74) is 10.6. The first kappa shape index (κ1) is 13.6. The number of thiocarbonyl (C=S) groups is 1. The number of rotatable bonds is 2. The molecule has 20 heavy (non-hydrogen) atoms. The lowest BCUT2D eigenvalue weighted by atomic mass is 10.00. The second kappa shape index (κ2) is 5.54. The van der Waals surface area contributed by atoms with Crippen molar-refractivity contribution in [1.29, 1.82) is 0 Å². The summed E-state index contributed by atoms with van der Waals surface area (Å²) in [7, 11) is 0. The van der Waals surface area contributed by atoms with Crippen LogP contribution in [0.25, 0.3) is 0 Å². The molecular formula is C16H15BrN2S. The van der Waals surface area contributed by atoms with Crippen molar-refractivity contribution in [3.8, 4) is 0 Å². The van der Waals surface area contributed by atoms with Gasteiger partial charge < -0.3 is 10.6 Å². The molecule has 0 atom stereocenters. The molecule has 2 aromatic rings. The monoisotopic (exact) mass is 346 g/mol. The summed E-state index contributed by atoms with van der Waals surface area (Å²) in [4.78, 5) is 2.75. The smallest absolute Gasteiger partial charge is 0.106 e. The predicted octanol–water partition coefficient (Wildman–Crippen LogP) is 4.17. The SMILES string of the molecule is NC(=S)c1cc(Br)ccc1N1CCCc2ccccc21. The van der Waals surface area contributed by atoms with Crippen molar-refractivity contribution in [2.24, 2.45) is 5.73 Å². The molecule has 4 heteroatoms. The second-order valence-corrected chi connectivity index (χ2v) is 6.27. The highest BCUT2D eigenvalue weighted by molar-refractivity contribution is 9.10. The Hall–Kier alpha value is -1.39. The van der Waals surface area contributed by atoms with Gasteiger partial charge in [-0.25, -0.2) is 0 Å². The van der Waals surface area contributed by atoms with E-state index in [-0.39, 0.29) is 0 Å². The summed E-state index contributed by atoms with van der Waals surface area (Å²) < 4.78 is 0.995. The Morgan fingerprint density at radius 2 is 1.95 bits per heavy atom. The van der Waals surface area contributed by atoms with Gasteiger partial charge in [0.15, 0.2) is 0 Å². The quantitative estimate of drug-likeness (QED) is 0.827. The lowest BCUT2D eigenvalue weighted by molar-refractivity contribution is 0.766. The van der Waals surface area contributed by atoms with Crippen LogP contribution in [0.4, 0.5) is 11.4 Å². The predicted molar refractivity (Wildman–Crippen MR) is 91.8 cm³/mol. The topological polar surface area (TPSA) is 29.3 Å². The van der Waals surface area contributed by atoms with Crippen LogP contribution < -0.4 is 10.6 Å². The number of aryl methyl sites for hydroxylation is 1. The van der Waals surface area contributed by atoms with E-state index >= 15 is 0 Å². The first-order chi connectivity index (χ1) is 9.66. The third-order valence-corrected chi connectivity index (χ3v) is 4.34. The molecule has 0 amide bonds. The third-order valence-electron chi connectivity index (χ3n) is 3.63. The molecule has 2 N–H and O–H groups in total. The maximum Gasteiger partial charge on any atom is 0.106 e. The molecule has 0 aromatic heterocycles. The molecule has 3 rings (SSSR count). The van der Waals surface area contributed by atoms with Crippen LogP contribution in [0.2, 0.25) is 0 Å². The fraction of sp³-hybridized carbons (Fsp3) is 0.188. The lowest BCUT2D eigenvalue weighted by Gasteiger charge is -2.32. The standard InChI is InChI=1S/C16H15BrN2S/c17-12-7-8-15(13(10-12)16(18)20)19-9-3-5-11-4-1-2-6-14(11)19/h1-2,4,6-8,10H,3,5,9H2,(H2,18,20). The maximum absolute atomic E-state index is 5.89. The number of hydrogen-bond acceptors (Lipinski definition) is 2. The summed E-state index contributed by atoms with van der Waals surface area (Å²) in [6, 6.07) is 14.7. The number of benzene rings is 2. The van der Waals surface area contributed by atoms with Gasteiger partial charge in [-0.3, -0.25) is 0 Å². The molecule has 0 unspecified atom stereocenters. The van der Waals surface area contributed by atoms with Crippen molar-refractivity contribution in [3.63, 3.8) is 0 Å². The molecule has 1 aliphatic rings. The van der Waals surface area contributed by atoms with Gasteiger partial charge in [0.05, 0.1) is 5.69 Å². The minimum atomic E-state index is 0.435. The van der Waals surface area contributed by atoms with E-state index in [2.05, 4.69) is 51.2 Å². The molecule has 0 spiro atoms. The number of anilines is 2. The number of para-hydroxylation sites is 1. The van der Waals surface area contributed by atoms with E-state index in [1.165, 1.54) is 11.3 Å². The van der Waals surface area contributed by atoms with Crippen LogP contribution in [0.1, 0.15) is 17.5 Å². The lowest BCUT2D eigenvalue weighted by Crippen LogP contribution is -2.27. The second-order valence-electron chi connectivity index (χ2n) is 4.91. The van der Waals surface area contributed by atoms with Crippen LogP contribution in [-0.4, -0.2) is 11.5 Å². The average molecular weight is 347 g/mol. The largest absolute Gasteiger partial charge is 0.389 e. The van der Waals surface area contributed by atoms with Gasteiger partial charge in [-0.15, -0.1) is 0 Å². The molecular weight excluding hydrogens is 332 g/mol. The summed E-state index contributed by atoms with van der Waals surface area (Å²) in [5.74, 6) is 0. The fourth-order valence-corrected chi connectivity index (χ4v) is 3.25. The van der Waals surface area contributed by atoms with Gasteiger partial charge in [-0.05, 0) is 42.7 Å². The molecule has 0 aliphatic carbocycles. The first-order valence-corrected chi connectivity index (χ1v) is 7.82. The van der Waals surface area contributed by atoms with Crippen molar-refractivity contribution in [2.75, 3.05) is 11.4 Å². The Balaban J connectivity index is 2.13. The highest BCUT2D eigenvalue weighted by atomic mass is 79.9. The molecule has 0 bridgehead atoms. The number of nitrogens with two attached hydrogens (primary N) is 1. The van der Waals surface area contributed by atoms with Gasteiger partial charge in [-0.2, -0.15) is 0 Å². The normalized spacial score (nSPS) is 13.9. The van der Waals surface area contributed by atoms with Crippen molar-refractivity contribution < 1.29 is 0 Å². The van der Waals surface area contributed by atoms with Crippen LogP contribution in [0.15, 0.2) is 46.9 Å². The maximum atomic E-state index is 5.89. The number of halogens is 1. The Labute approximate surface area is 132 Å². The summed E-state index contributed by atoms with van der Waals surface area (Å²) in [6.07, 6.45) is 2.27. The van der Waals surface area contributed by atoms with E-state index in [0.29, 0.717) is 4.99 Å². The Morgan fingerprint density at radius 1 is 1.15 bits per heavy atom. The highest BCUT2D eigenvalue weighted by Gasteiger charge is 2.20. The first-order valence-electron chi connectivity index (χ1n) is 6.61. The van der Waals surface area contributed by atoms with Crippen LogP contribution in [0.5, 0.6) is 0 Å². The molecule has 1 heterocycles. The molecule has 2 nitrogen and oxygen atoms in total. The zero-order chi connectivity index (χ0) is 14.1. The fourth-order valence-electron chi connectivity index (χ4n) is 2.72. The molecule has 102 valence electrons. The number of fused-ring (bicyclic) bond motifs is 1. The zero-order valence-electron chi connectivity index (χ0n) is 11.0. The van der Waals surface area contributed by atoms with E-state index in [0.717, 1.165) is 35.1 Å². The minimum Gasteiger partial charge on any atom is -0.389 e.